The quantitative estimate of drug-likeness (QED) is 0.828. The maximum atomic E-state index is 12.6. The van der Waals surface area contributed by atoms with Crippen molar-refractivity contribution in [2.24, 2.45) is 16.8 Å². The van der Waals surface area contributed by atoms with Crippen LogP contribution >= 0.6 is 11.6 Å². The van der Waals surface area contributed by atoms with Gasteiger partial charge in [0, 0.05) is 36.8 Å². The molecule has 146 valence electrons. The maximum Gasteiger partial charge on any atom is 0.228 e. The van der Waals surface area contributed by atoms with Crippen molar-refractivity contribution in [3.63, 3.8) is 0 Å². The van der Waals surface area contributed by atoms with E-state index in [1.807, 2.05) is 12.3 Å². The minimum Gasteiger partial charge on any atom is -0.328 e. The third-order valence-corrected chi connectivity index (χ3v) is 6.79. The van der Waals surface area contributed by atoms with Gasteiger partial charge < -0.3 is 11.1 Å². The van der Waals surface area contributed by atoms with Crippen LogP contribution in [0.1, 0.15) is 63.4 Å². The molecule has 2 aliphatic heterocycles. The van der Waals surface area contributed by atoms with Gasteiger partial charge in [-0.2, -0.15) is 5.10 Å². The van der Waals surface area contributed by atoms with Crippen LogP contribution < -0.4 is 11.1 Å². The minimum absolute atomic E-state index is 0.0107. The van der Waals surface area contributed by atoms with Crippen LogP contribution in [0.4, 0.5) is 5.82 Å². The summed E-state index contributed by atoms with van der Waals surface area (Å²) in [5, 5.41) is 10.4. The third kappa shape index (κ3) is 3.57. The fourth-order valence-electron chi connectivity index (χ4n) is 4.81. The molecule has 7 heteroatoms. The molecular formula is C20H28ClN5O. The Bertz CT molecular complexity index is 754. The van der Waals surface area contributed by atoms with Crippen LogP contribution in [-0.4, -0.2) is 40.2 Å². The molecule has 1 amide bonds. The zero-order chi connectivity index (χ0) is 19.0. The van der Waals surface area contributed by atoms with Crippen molar-refractivity contribution in [3.8, 4) is 0 Å². The monoisotopic (exact) mass is 389 g/mol. The van der Waals surface area contributed by atoms with Crippen molar-refractivity contribution in [3.05, 3.63) is 22.8 Å². The number of carbonyl (C=O) groups is 1. The van der Waals surface area contributed by atoms with Crippen molar-refractivity contribution in [2.75, 3.05) is 11.9 Å². The lowest BCUT2D eigenvalue weighted by atomic mass is 9.77. The summed E-state index contributed by atoms with van der Waals surface area (Å²) in [6, 6.07) is 2.04. The Kier molecular flexibility index (Phi) is 5.12. The molecule has 1 aromatic heterocycles. The predicted molar refractivity (Wildman–Crippen MR) is 108 cm³/mol. The molecule has 4 atom stereocenters. The van der Waals surface area contributed by atoms with Crippen molar-refractivity contribution in [1.29, 1.82) is 0 Å². The standard InChI is InChI=1S/C20H28ClN5O/c1-20-7-2-3-8-26(20)24-11-16(20)15-10-18(23-12-17(15)21)25-19(27)13-5-4-6-14(22)9-13/h10-14,16H,2-9,22H2,1H3,(H,23,25,27)/t13-,14-,16?,20?/m0/s1. The van der Waals surface area contributed by atoms with Gasteiger partial charge in [-0.1, -0.05) is 18.0 Å². The fraction of sp³-hybridized carbons (Fsp3) is 0.650. The highest BCUT2D eigenvalue weighted by Crippen LogP contribution is 2.45. The van der Waals surface area contributed by atoms with Gasteiger partial charge >= 0.3 is 0 Å². The number of aromatic nitrogens is 1. The van der Waals surface area contributed by atoms with Gasteiger partial charge in [-0.3, -0.25) is 9.80 Å². The van der Waals surface area contributed by atoms with Crippen LogP contribution in [-0.2, 0) is 4.79 Å². The van der Waals surface area contributed by atoms with Gasteiger partial charge in [-0.25, -0.2) is 4.98 Å². The van der Waals surface area contributed by atoms with E-state index in [9.17, 15) is 4.79 Å². The number of nitrogens with two attached hydrogens (primary N) is 1. The normalized spacial score (nSPS) is 33.0. The Morgan fingerprint density at radius 1 is 1.37 bits per heavy atom. The smallest absolute Gasteiger partial charge is 0.228 e. The van der Waals surface area contributed by atoms with Crippen LogP contribution in [0.3, 0.4) is 0 Å². The Morgan fingerprint density at radius 2 is 2.22 bits per heavy atom. The number of carbonyl (C=O) groups excluding carboxylic acids is 1. The van der Waals surface area contributed by atoms with E-state index in [2.05, 4.69) is 27.3 Å². The summed E-state index contributed by atoms with van der Waals surface area (Å²) >= 11 is 6.50. The molecule has 1 aliphatic carbocycles. The molecule has 6 nitrogen and oxygen atoms in total. The summed E-state index contributed by atoms with van der Waals surface area (Å²) in [6.45, 7) is 3.24. The van der Waals surface area contributed by atoms with E-state index in [1.54, 1.807) is 6.20 Å². The van der Waals surface area contributed by atoms with Gasteiger partial charge in [0.15, 0.2) is 0 Å². The first-order chi connectivity index (χ1) is 13.0. The number of nitrogens with zero attached hydrogens (tertiary/aromatic N) is 3. The summed E-state index contributed by atoms with van der Waals surface area (Å²) in [5.74, 6) is 0.641. The van der Waals surface area contributed by atoms with Gasteiger partial charge in [0.1, 0.15) is 5.82 Å². The second-order valence-electron chi connectivity index (χ2n) is 8.38. The Morgan fingerprint density at radius 3 is 3.04 bits per heavy atom. The van der Waals surface area contributed by atoms with E-state index in [4.69, 9.17) is 17.3 Å². The average Bonchev–Trinajstić information content (AvgIpc) is 3.00. The first-order valence-electron chi connectivity index (χ1n) is 10.0. The number of hydrazone groups is 1. The van der Waals surface area contributed by atoms with Crippen LogP contribution in [0.5, 0.6) is 0 Å². The van der Waals surface area contributed by atoms with Crippen molar-refractivity contribution < 1.29 is 4.79 Å². The lowest BCUT2D eigenvalue weighted by Gasteiger charge is -2.42. The number of nitrogens with one attached hydrogen (secondary N) is 1. The number of anilines is 1. The predicted octanol–water partition coefficient (Wildman–Crippen LogP) is 3.52. The van der Waals surface area contributed by atoms with Crippen LogP contribution in [0, 0.1) is 5.92 Å². The number of rotatable bonds is 3. The molecule has 3 aliphatic rings. The highest BCUT2D eigenvalue weighted by molar-refractivity contribution is 6.31. The van der Waals surface area contributed by atoms with Crippen molar-refractivity contribution in [1.82, 2.24) is 9.99 Å². The summed E-state index contributed by atoms with van der Waals surface area (Å²) in [6.07, 6.45) is 10.7. The molecule has 3 N–H and O–H groups in total. The summed E-state index contributed by atoms with van der Waals surface area (Å²) in [7, 11) is 0. The summed E-state index contributed by atoms with van der Waals surface area (Å²) < 4.78 is 0. The molecule has 27 heavy (non-hydrogen) atoms. The van der Waals surface area contributed by atoms with Crippen molar-refractivity contribution >= 4 is 29.5 Å². The number of piperidine rings is 1. The molecule has 1 saturated heterocycles. The molecule has 1 saturated carbocycles. The van der Waals surface area contributed by atoms with Gasteiger partial charge in [0.2, 0.25) is 5.91 Å². The first-order valence-corrected chi connectivity index (χ1v) is 10.4. The SMILES string of the molecule is CC12CCCCN1N=CC2c1cc(NC(=O)[C@H]2CCC[C@H](N)C2)ncc1Cl. The van der Waals surface area contributed by atoms with E-state index in [0.717, 1.165) is 44.2 Å². The molecule has 2 unspecified atom stereocenters. The zero-order valence-corrected chi connectivity index (χ0v) is 16.6. The van der Waals surface area contributed by atoms with E-state index < -0.39 is 0 Å². The zero-order valence-electron chi connectivity index (χ0n) is 15.8. The van der Waals surface area contributed by atoms with E-state index in [1.165, 1.54) is 12.8 Å². The molecule has 0 aromatic carbocycles. The summed E-state index contributed by atoms with van der Waals surface area (Å²) in [5.41, 5.74) is 6.96. The molecule has 4 rings (SSSR count). The van der Waals surface area contributed by atoms with Crippen LogP contribution in [0.15, 0.2) is 17.4 Å². The summed E-state index contributed by atoms with van der Waals surface area (Å²) in [4.78, 5) is 17.0. The van der Waals surface area contributed by atoms with Crippen LogP contribution in [0.25, 0.3) is 0 Å². The molecule has 2 fully saturated rings. The molecule has 3 heterocycles. The molecule has 1 aromatic rings. The fourth-order valence-corrected chi connectivity index (χ4v) is 5.03. The number of hydrogen-bond acceptors (Lipinski definition) is 5. The van der Waals surface area contributed by atoms with Crippen LogP contribution in [0.2, 0.25) is 5.02 Å². The average molecular weight is 390 g/mol. The number of pyridine rings is 1. The molecule has 0 spiro atoms. The largest absolute Gasteiger partial charge is 0.328 e. The second-order valence-corrected chi connectivity index (χ2v) is 8.79. The third-order valence-electron chi connectivity index (χ3n) is 6.47. The number of amides is 1. The van der Waals surface area contributed by atoms with Gasteiger partial charge in [-0.05, 0) is 57.1 Å². The number of fused-ring (bicyclic) bond motifs is 1. The maximum absolute atomic E-state index is 12.6. The molecular weight excluding hydrogens is 362 g/mol. The van der Waals surface area contributed by atoms with E-state index in [0.29, 0.717) is 10.8 Å². The Balaban J connectivity index is 1.53. The minimum atomic E-state index is -0.0549. The van der Waals surface area contributed by atoms with Gasteiger partial charge in [0.25, 0.3) is 0 Å². The number of hydrogen-bond donors (Lipinski definition) is 2. The number of halogens is 1. The highest BCUT2D eigenvalue weighted by Gasteiger charge is 2.45. The lowest BCUT2D eigenvalue weighted by molar-refractivity contribution is -0.120. The lowest BCUT2D eigenvalue weighted by Crippen LogP contribution is -2.47. The molecule has 0 radical (unpaired) electrons. The Hall–Kier alpha value is -1.66. The second kappa shape index (κ2) is 7.40. The topological polar surface area (TPSA) is 83.6 Å². The van der Waals surface area contributed by atoms with E-state index >= 15 is 0 Å². The van der Waals surface area contributed by atoms with Gasteiger partial charge in [0.05, 0.1) is 10.6 Å². The molecule has 0 bridgehead atoms. The highest BCUT2D eigenvalue weighted by atomic mass is 35.5. The van der Waals surface area contributed by atoms with Gasteiger partial charge in [-0.15, -0.1) is 0 Å². The Labute approximate surface area is 165 Å². The van der Waals surface area contributed by atoms with E-state index in [-0.39, 0.29) is 29.3 Å². The first kappa shape index (κ1) is 18.7. The van der Waals surface area contributed by atoms with Crippen molar-refractivity contribution in [2.45, 2.75) is 69.4 Å².